The molecule has 6 nitrogen and oxygen atoms in total. The molecule has 0 aliphatic carbocycles. The van der Waals surface area contributed by atoms with Crippen molar-refractivity contribution in [3.8, 4) is 11.5 Å². The lowest BCUT2D eigenvalue weighted by molar-refractivity contribution is -0.132. The summed E-state index contributed by atoms with van der Waals surface area (Å²) in [4.78, 5) is 16.8. The Kier molecular flexibility index (Phi) is 8.42. The van der Waals surface area contributed by atoms with Gasteiger partial charge in [0.25, 0.3) is 0 Å². The van der Waals surface area contributed by atoms with Gasteiger partial charge in [0.05, 0.1) is 23.8 Å². The first-order valence-corrected chi connectivity index (χ1v) is 9.29. The summed E-state index contributed by atoms with van der Waals surface area (Å²) in [7, 11) is 2.63. The summed E-state index contributed by atoms with van der Waals surface area (Å²) in [5.74, 6) is 0.285. The average Bonchev–Trinajstić information content (AvgIpc) is 2.69. The fraction of sp³-hybridized carbons (Fsp3) is 0.300. The molecule has 0 unspecified atom stereocenters. The summed E-state index contributed by atoms with van der Waals surface area (Å²) in [6.07, 6.45) is 0.841. The number of carbonyl (C=O) groups is 1. The average molecular weight is 426 g/mol. The van der Waals surface area contributed by atoms with Crippen LogP contribution in [0.15, 0.2) is 41.6 Å². The molecule has 0 aromatic heterocycles. The zero-order valence-corrected chi connectivity index (χ0v) is 17.3. The maximum absolute atomic E-state index is 12.0. The van der Waals surface area contributed by atoms with Crippen LogP contribution in [-0.4, -0.2) is 32.5 Å². The van der Waals surface area contributed by atoms with Crippen LogP contribution < -0.4 is 9.47 Å². The van der Waals surface area contributed by atoms with E-state index in [2.05, 4.69) is 5.16 Å². The highest BCUT2D eigenvalue weighted by atomic mass is 35.5. The number of rotatable bonds is 9. The summed E-state index contributed by atoms with van der Waals surface area (Å²) in [6.45, 7) is 2.66. The van der Waals surface area contributed by atoms with Gasteiger partial charge >= 0.3 is 5.97 Å². The van der Waals surface area contributed by atoms with Gasteiger partial charge in [-0.15, -0.1) is 0 Å². The Morgan fingerprint density at radius 3 is 2.36 bits per heavy atom. The number of oxime groups is 1. The molecule has 0 aliphatic rings. The summed E-state index contributed by atoms with van der Waals surface area (Å²) in [5.41, 5.74) is 1.29. The molecule has 0 bridgehead atoms. The SMILES string of the molecule is CCCOc1c(Cl)cc(OCc2ccccc2/C(=N\OC)C(=O)OC)cc1Cl. The van der Waals surface area contributed by atoms with Crippen molar-refractivity contribution < 1.29 is 23.8 Å². The Balaban J connectivity index is 2.24. The van der Waals surface area contributed by atoms with Crippen molar-refractivity contribution in [2.24, 2.45) is 5.16 Å². The van der Waals surface area contributed by atoms with E-state index in [-0.39, 0.29) is 12.3 Å². The summed E-state index contributed by atoms with van der Waals surface area (Å²) < 4.78 is 16.1. The Hall–Kier alpha value is -2.44. The minimum atomic E-state index is -0.613. The number of hydrogen-bond acceptors (Lipinski definition) is 6. The van der Waals surface area contributed by atoms with E-state index in [1.165, 1.54) is 14.2 Å². The monoisotopic (exact) mass is 425 g/mol. The van der Waals surface area contributed by atoms with Gasteiger partial charge in [-0.2, -0.15) is 0 Å². The quantitative estimate of drug-likeness (QED) is 0.325. The predicted octanol–water partition coefficient (Wildman–Crippen LogP) is 4.88. The lowest BCUT2D eigenvalue weighted by atomic mass is 10.0. The van der Waals surface area contributed by atoms with Crippen molar-refractivity contribution in [2.45, 2.75) is 20.0 Å². The van der Waals surface area contributed by atoms with Gasteiger partial charge in [-0.05, 0) is 12.0 Å². The third kappa shape index (κ3) is 5.53. The van der Waals surface area contributed by atoms with E-state index in [9.17, 15) is 4.79 Å². The first-order valence-electron chi connectivity index (χ1n) is 8.54. The number of ether oxygens (including phenoxy) is 3. The van der Waals surface area contributed by atoms with Crippen molar-refractivity contribution in [3.63, 3.8) is 0 Å². The lowest BCUT2D eigenvalue weighted by Gasteiger charge is -2.14. The van der Waals surface area contributed by atoms with Crippen molar-refractivity contribution >= 4 is 34.9 Å². The molecular formula is C20H21Cl2NO5. The lowest BCUT2D eigenvalue weighted by Crippen LogP contribution is -2.19. The molecule has 8 heteroatoms. The smallest absolute Gasteiger partial charge is 0.360 e. The number of carbonyl (C=O) groups excluding carboxylic acids is 1. The van der Waals surface area contributed by atoms with E-state index in [4.69, 9.17) is 42.3 Å². The largest absolute Gasteiger partial charge is 0.490 e. The molecule has 2 aromatic rings. The molecule has 2 rings (SSSR count). The van der Waals surface area contributed by atoms with E-state index < -0.39 is 5.97 Å². The minimum absolute atomic E-state index is 0.0450. The van der Waals surface area contributed by atoms with Crippen LogP contribution in [0.2, 0.25) is 10.0 Å². The topological polar surface area (TPSA) is 66.3 Å². The molecule has 28 heavy (non-hydrogen) atoms. The molecule has 0 saturated heterocycles. The first kappa shape index (κ1) is 21.9. The predicted molar refractivity (Wildman–Crippen MR) is 109 cm³/mol. The second-order valence-electron chi connectivity index (χ2n) is 5.62. The van der Waals surface area contributed by atoms with Gasteiger partial charge in [0.1, 0.15) is 19.5 Å². The normalized spacial score (nSPS) is 11.1. The van der Waals surface area contributed by atoms with Gasteiger partial charge in [-0.3, -0.25) is 0 Å². The van der Waals surface area contributed by atoms with Crippen LogP contribution >= 0.6 is 23.2 Å². The molecule has 0 amide bonds. The molecule has 0 radical (unpaired) electrons. The zero-order chi connectivity index (χ0) is 20.5. The van der Waals surface area contributed by atoms with Gasteiger partial charge < -0.3 is 19.0 Å². The van der Waals surface area contributed by atoms with Crippen molar-refractivity contribution in [2.75, 3.05) is 20.8 Å². The summed E-state index contributed by atoms with van der Waals surface area (Å²) in [6, 6.07) is 10.4. The van der Waals surface area contributed by atoms with Crippen molar-refractivity contribution in [1.29, 1.82) is 0 Å². The standard InChI is InChI=1S/C20H21Cl2NO5/c1-4-9-27-19-16(21)10-14(11-17(19)22)28-12-13-7-5-6-8-15(13)18(23-26-3)20(24)25-2/h5-8,10-11H,4,9,12H2,1-3H3/b23-18+. The highest BCUT2D eigenvalue weighted by Crippen LogP contribution is 2.37. The Morgan fingerprint density at radius 1 is 1.07 bits per heavy atom. The summed E-state index contributed by atoms with van der Waals surface area (Å²) >= 11 is 12.5. The van der Waals surface area contributed by atoms with Crippen LogP contribution in [0, 0.1) is 0 Å². The molecule has 0 saturated carbocycles. The number of hydrogen-bond donors (Lipinski definition) is 0. The molecule has 0 heterocycles. The van der Waals surface area contributed by atoms with Crippen molar-refractivity contribution in [1.82, 2.24) is 0 Å². The fourth-order valence-corrected chi connectivity index (χ4v) is 2.96. The molecule has 0 spiro atoms. The maximum atomic E-state index is 12.0. The highest BCUT2D eigenvalue weighted by Gasteiger charge is 2.19. The number of esters is 1. The van der Waals surface area contributed by atoms with Crippen LogP contribution in [0.25, 0.3) is 0 Å². The second kappa shape index (κ2) is 10.8. The third-order valence-corrected chi connectivity index (χ3v) is 4.21. The van der Waals surface area contributed by atoms with Gasteiger partial charge in [0.2, 0.25) is 0 Å². The molecule has 0 fully saturated rings. The molecule has 0 atom stereocenters. The van der Waals surface area contributed by atoms with Gasteiger partial charge in [0, 0.05) is 17.7 Å². The van der Waals surface area contributed by atoms with Crippen LogP contribution in [-0.2, 0) is 21.0 Å². The minimum Gasteiger partial charge on any atom is -0.490 e. The molecule has 0 N–H and O–H groups in total. The van der Waals surface area contributed by atoms with E-state index in [1.54, 1.807) is 24.3 Å². The van der Waals surface area contributed by atoms with Gasteiger partial charge in [0.15, 0.2) is 11.5 Å². The van der Waals surface area contributed by atoms with Crippen LogP contribution in [0.4, 0.5) is 0 Å². The fourth-order valence-electron chi connectivity index (χ4n) is 2.38. The number of benzene rings is 2. The third-order valence-electron chi connectivity index (χ3n) is 3.65. The van der Waals surface area contributed by atoms with Gasteiger partial charge in [-0.25, -0.2) is 4.79 Å². The Morgan fingerprint density at radius 2 is 1.75 bits per heavy atom. The molecule has 0 aliphatic heterocycles. The second-order valence-corrected chi connectivity index (χ2v) is 6.44. The Bertz CT molecular complexity index is 831. The zero-order valence-electron chi connectivity index (χ0n) is 15.8. The van der Waals surface area contributed by atoms with E-state index >= 15 is 0 Å². The number of nitrogens with zero attached hydrogens (tertiary/aromatic N) is 1. The van der Waals surface area contributed by atoms with Crippen LogP contribution in [0.1, 0.15) is 24.5 Å². The van der Waals surface area contributed by atoms with Crippen LogP contribution in [0.5, 0.6) is 11.5 Å². The molecular weight excluding hydrogens is 405 g/mol. The molecule has 2 aromatic carbocycles. The van der Waals surface area contributed by atoms with Crippen molar-refractivity contribution in [3.05, 3.63) is 57.6 Å². The number of halogens is 2. The Labute approximate surface area is 173 Å². The van der Waals surface area contributed by atoms with E-state index in [1.807, 2.05) is 19.1 Å². The first-order chi connectivity index (χ1) is 13.5. The van der Waals surface area contributed by atoms with Gasteiger partial charge in [-0.1, -0.05) is 59.5 Å². The maximum Gasteiger partial charge on any atom is 0.360 e. The van der Waals surface area contributed by atoms with E-state index in [0.717, 1.165) is 6.42 Å². The number of methoxy groups -OCH3 is 1. The molecule has 150 valence electrons. The highest BCUT2D eigenvalue weighted by molar-refractivity contribution is 6.43. The van der Waals surface area contributed by atoms with E-state index in [0.29, 0.717) is 39.3 Å². The van der Waals surface area contributed by atoms with Crippen LogP contribution in [0.3, 0.4) is 0 Å². The summed E-state index contributed by atoms with van der Waals surface area (Å²) in [5, 5.41) is 4.50.